The molecular formula is C19H32IN5O2S. The summed E-state index contributed by atoms with van der Waals surface area (Å²) in [6.45, 7) is 9.58. The Labute approximate surface area is 189 Å². The fraction of sp³-hybridized carbons (Fsp3) is 0.737. The van der Waals surface area contributed by atoms with Crippen molar-refractivity contribution in [1.29, 1.82) is 0 Å². The van der Waals surface area contributed by atoms with Crippen molar-refractivity contribution >= 4 is 47.2 Å². The first-order chi connectivity index (χ1) is 13.2. The lowest BCUT2D eigenvalue weighted by atomic mass is 10.2. The van der Waals surface area contributed by atoms with Gasteiger partial charge in [0.15, 0.2) is 5.96 Å². The number of aromatic nitrogens is 1. The standard InChI is InChI=1S/C19H31N5O2S.HI/c1-3-20-19(21-8-4-7-17-22-15(2)14-27-17)24-11-9-23(10-12-24)18(25)16-6-5-13-26-16;/h14,16H,3-13H2,1-2H3,(H,20,21);1H. The fourth-order valence-corrected chi connectivity index (χ4v) is 4.29. The monoisotopic (exact) mass is 521 g/mol. The van der Waals surface area contributed by atoms with E-state index in [0.29, 0.717) is 6.61 Å². The van der Waals surface area contributed by atoms with E-state index in [0.717, 1.165) is 76.6 Å². The van der Waals surface area contributed by atoms with Crippen molar-refractivity contribution in [3.05, 3.63) is 16.1 Å². The minimum Gasteiger partial charge on any atom is -0.368 e. The van der Waals surface area contributed by atoms with Crippen LogP contribution in [-0.4, -0.2) is 78.6 Å². The minimum absolute atomic E-state index is 0. The van der Waals surface area contributed by atoms with Crippen molar-refractivity contribution in [2.75, 3.05) is 45.9 Å². The summed E-state index contributed by atoms with van der Waals surface area (Å²) in [5.74, 6) is 1.12. The van der Waals surface area contributed by atoms with Gasteiger partial charge in [0.25, 0.3) is 5.91 Å². The smallest absolute Gasteiger partial charge is 0.251 e. The zero-order chi connectivity index (χ0) is 19.1. The molecule has 1 aromatic heterocycles. The van der Waals surface area contributed by atoms with Gasteiger partial charge < -0.3 is 19.9 Å². The van der Waals surface area contributed by atoms with Crippen molar-refractivity contribution < 1.29 is 9.53 Å². The van der Waals surface area contributed by atoms with E-state index in [1.54, 1.807) is 11.3 Å². The van der Waals surface area contributed by atoms with E-state index in [9.17, 15) is 4.79 Å². The second-order valence-corrected chi connectivity index (χ2v) is 7.98. The van der Waals surface area contributed by atoms with Gasteiger partial charge in [-0.05, 0) is 33.1 Å². The molecule has 1 amide bonds. The third-order valence-corrected chi connectivity index (χ3v) is 5.93. The van der Waals surface area contributed by atoms with E-state index in [1.807, 2.05) is 11.8 Å². The van der Waals surface area contributed by atoms with Gasteiger partial charge in [-0.2, -0.15) is 0 Å². The molecule has 0 spiro atoms. The van der Waals surface area contributed by atoms with Gasteiger partial charge in [0.2, 0.25) is 0 Å². The van der Waals surface area contributed by atoms with E-state index in [1.165, 1.54) is 5.01 Å². The number of carbonyl (C=O) groups is 1. The van der Waals surface area contributed by atoms with Crippen LogP contribution in [0.3, 0.4) is 0 Å². The quantitative estimate of drug-likeness (QED) is 0.269. The predicted molar refractivity (Wildman–Crippen MR) is 124 cm³/mol. The summed E-state index contributed by atoms with van der Waals surface area (Å²) in [7, 11) is 0. The largest absolute Gasteiger partial charge is 0.368 e. The summed E-state index contributed by atoms with van der Waals surface area (Å²) in [6, 6.07) is 0. The van der Waals surface area contributed by atoms with Gasteiger partial charge in [0.1, 0.15) is 6.10 Å². The maximum absolute atomic E-state index is 12.5. The van der Waals surface area contributed by atoms with E-state index >= 15 is 0 Å². The molecule has 2 fully saturated rings. The normalized spacial score (nSPS) is 20.2. The molecule has 7 nitrogen and oxygen atoms in total. The van der Waals surface area contributed by atoms with E-state index in [4.69, 9.17) is 9.73 Å². The Morgan fingerprint density at radius 1 is 1.36 bits per heavy atom. The number of halogens is 1. The van der Waals surface area contributed by atoms with Crippen molar-refractivity contribution in [2.24, 2.45) is 4.99 Å². The average molecular weight is 521 g/mol. The average Bonchev–Trinajstić information content (AvgIpc) is 3.36. The molecule has 2 saturated heterocycles. The predicted octanol–water partition coefficient (Wildman–Crippen LogP) is 2.29. The number of aryl methyl sites for hydroxylation is 2. The van der Waals surface area contributed by atoms with Crippen LogP contribution in [-0.2, 0) is 16.0 Å². The molecule has 0 aromatic carbocycles. The highest BCUT2D eigenvalue weighted by molar-refractivity contribution is 14.0. The molecule has 0 saturated carbocycles. The van der Waals surface area contributed by atoms with Crippen molar-refractivity contribution in [3.63, 3.8) is 0 Å². The van der Waals surface area contributed by atoms with Crippen LogP contribution in [0.25, 0.3) is 0 Å². The number of guanidine groups is 1. The van der Waals surface area contributed by atoms with Crippen LogP contribution in [0.4, 0.5) is 0 Å². The van der Waals surface area contributed by atoms with Crippen molar-refractivity contribution in [3.8, 4) is 0 Å². The highest BCUT2D eigenvalue weighted by atomic mass is 127. The molecule has 1 aromatic rings. The van der Waals surface area contributed by atoms with Gasteiger partial charge in [0, 0.05) is 63.4 Å². The van der Waals surface area contributed by atoms with Gasteiger partial charge in [0.05, 0.1) is 5.01 Å². The summed E-state index contributed by atoms with van der Waals surface area (Å²) < 4.78 is 5.54. The molecule has 1 N–H and O–H groups in total. The number of nitrogens with one attached hydrogen (secondary N) is 1. The molecule has 1 unspecified atom stereocenters. The number of amides is 1. The first-order valence-corrected chi connectivity index (χ1v) is 10.9. The van der Waals surface area contributed by atoms with Crippen LogP contribution in [0.15, 0.2) is 10.4 Å². The number of nitrogens with zero attached hydrogens (tertiary/aromatic N) is 4. The molecule has 158 valence electrons. The number of aliphatic imine (C=N–C) groups is 1. The molecule has 28 heavy (non-hydrogen) atoms. The number of hydrogen-bond donors (Lipinski definition) is 1. The summed E-state index contributed by atoms with van der Waals surface area (Å²) in [6.07, 6.45) is 3.62. The lowest BCUT2D eigenvalue weighted by Gasteiger charge is -2.37. The molecule has 2 aliphatic heterocycles. The van der Waals surface area contributed by atoms with E-state index in [-0.39, 0.29) is 36.0 Å². The van der Waals surface area contributed by atoms with Crippen LogP contribution in [0.5, 0.6) is 0 Å². The Morgan fingerprint density at radius 3 is 2.71 bits per heavy atom. The zero-order valence-electron chi connectivity index (χ0n) is 16.9. The zero-order valence-corrected chi connectivity index (χ0v) is 20.0. The van der Waals surface area contributed by atoms with Crippen LogP contribution >= 0.6 is 35.3 Å². The second kappa shape index (κ2) is 11.9. The van der Waals surface area contributed by atoms with E-state index in [2.05, 4.69) is 27.5 Å². The van der Waals surface area contributed by atoms with Gasteiger partial charge in [-0.1, -0.05) is 0 Å². The number of piperazine rings is 1. The van der Waals surface area contributed by atoms with Gasteiger partial charge in [-0.15, -0.1) is 35.3 Å². The molecule has 3 rings (SSSR count). The third kappa shape index (κ3) is 6.55. The van der Waals surface area contributed by atoms with E-state index < -0.39 is 0 Å². The Hall–Kier alpha value is -0.940. The van der Waals surface area contributed by atoms with Gasteiger partial charge >= 0.3 is 0 Å². The number of thiazole rings is 1. The van der Waals surface area contributed by atoms with Crippen LogP contribution in [0.1, 0.15) is 36.9 Å². The molecule has 0 aliphatic carbocycles. The molecule has 0 bridgehead atoms. The summed E-state index contributed by atoms with van der Waals surface area (Å²) in [5.41, 5.74) is 1.10. The maximum Gasteiger partial charge on any atom is 0.251 e. The fourth-order valence-electron chi connectivity index (χ4n) is 3.47. The molecule has 0 radical (unpaired) electrons. The first-order valence-electron chi connectivity index (χ1n) is 10.0. The number of ether oxygens (including phenoxy) is 1. The highest BCUT2D eigenvalue weighted by Crippen LogP contribution is 2.16. The van der Waals surface area contributed by atoms with Crippen LogP contribution in [0, 0.1) is 6.92 Å². The summed E-state index contributed by atoms with van der Waals surface area (Å²) in [5, 5.41) is 6.68. The Morgan fingerprint density at radius 2 is 2.11 bits per heavy atom. The van der Waals surface area contributed by atoms with Crippen molar-refractivity contribution in [1.82, 2.24) is 20.1 Å². The second-order valence-electron chi connectivity index (χ2n) is 7.04. The highest BCUT2D eigenvalue weighted by Gasteiger charge is 2.30. The lowest BCUT2D eigenvalue weighted by Crippen LogP contribution is -2.55. The Bertz CT molecular complexity index is 640. The Kier molecular flexibility index (Phi) is 9.93. The molecule has 3 heterocycles. The van der Waals surface area contributed by atoms with Crippen LogP contribution < -0.4 is 5.32 Å². The minimum atomic E-state index is -0.215. The molecule has 2 aliphatic rings. The lowest BCUT2D eigenvalue weighted by molar-refractivity contribution is -0.142. The number of carbonyl (C=O) groups excluding carboxylic acids is 1. The summed E-state index contributed by atoms with van der Waals surface area (Å²) >= 11 is 1.73. The molecule has 9 heteroatoms. The molecule has 1 atom stereocenters. The Balaban J connectivity index is 0.00000280. The first kappa shape index (κ1) is 23.3. The maximum atomic E-state index is 12.5. The van der Waals surface area contributed by atoms with Gasteiger partial charge in [-0.3, -0.25) is 9.79 Å². The van der Waals surface area contributed by atoms with Crippen LogP contribution in [0.2, 0.25) is 0 Å². The number of rotatable bonds is 6. The third-order valence-electron chi connectivity index (χ3n) is 4.91. The van der Waals surface area contributed by atoms with Crippen molar-refractivity contribution in [2.45, 2.75) is 45.6 Å². The topological polar surface area (TPSA) is 70.1 Å². The number of hydrogen-bond acceptors (Lipinski definition) is 5. The van der Waals surface area contributed by atoms with Gasteiger partial charge in [-0.25, -0.2) is 4.98 Å². The summed E-state index contributed by atoms with van der Waals surface area (Å²) in [4.78, 5) is 26.0. The SMILES string of the molecule is CCNC(=NCCCc1nc(C)cs1)N1CCN(C(=O)C2CCCO2)CC1.I. The molecular weight excluding hydrogens is 489 g/mol.